The van der Waals surface area contributed by atoms with Crippen molar-refractivity contribution in [1.29, 1.82) is 5.26 Å². The molecule has 0 unspecified atom stereocenters. The Labute approximate surface area is 197 Å². The normalized spacial score (nSPS) is 11.6. The quantitative estimate of drug-likeness (QED) is 0.343. The Balaban J connectivity index is 1.58. The number of fused-ring (bicyclic) bond motifs is 2. The van der Waals surface area contributed by atoms with E-state index in [2.05, 4.69) is 27.0 Å². The Bertz CT molecular complexity index is 1450. The van der Waals surface area contributed by atoms with Crippen molar-refractivity contribution < 1.29 is 19.1 Å². The lowest BCUT2D eigenvalue weighted by molar-refractivity contribution is -0.105. The maximum Gasteiger partial charge on any atom is 0.256 e. The van der Waals surface area contributed by atoms with Crippen LogP contribution in [0.1, 0.15) is 20.8 Å². The van der Waals surface area contributed by atoms with Crippen LogP contribution in [0.15, 0.2) is 53.9 Å². The van der Waals surface area contributed by atoms with Crippen LogP contribution in [0.5, 0.6) is 11.5 Å². The molecule has 0 fully saturated rings. The van der Waals surface area contributed by atoms with Gasteiger partial charge in [0, 0.05) is 22.4 Å². The van der Waals surface area contributed by atoms with E-state index in [0.29, 0.717) is 52.3 Å². The van der Waals surface area contributed by atoms with Crippen molar-refractivity contribution in [3.63, 3.8) is 0 Å². The van der Waals surface area contributed by atoms with E-state index in [1.165, 1.54) is 0 Å². The summed E-state index contributed by atoms with van der Waals surface area (Å²) in [7, 11) is 0. The molecule has 10 heteroatoms. The van der Waals surface area contributed by atoms with Gasteiger partial charge in [-0.3, -0.25) is 9.59 Å². The Kier molecular flexibility index (Phi) is 5.68. The predicted octanol–water partition coefficient (Wildman–Crippen LogP) is 4.33. The number of aromatic nitrogens is 1. The van der Waals surface area contributed by atoms with E-state index >= 15 is 0 Å². The molecular formula is C24H17N5O4S. The van der Waals surface area contributed by atoms with Crippen LogP contribution in [0.2, 0.25) is 0 Å². The van der Waals surface area contributed by atoms with Crippen LogP contribution in [0, 0.1) is 11.3 Å². The van der Waals surface area contributed by atoms with Crippen LogP contribution in [0.3, 0.4) is 0 Å². The zero-order valence-electron chi connectivity index (χ0n) is 17.6. The molecule has 5 rings (SSSR count). The first kappa shape index (κ1) is 21.2. The minimum absolute atomic E-state index is 0.0755. The number of para-hydroxylation sites is 1. The summed E-state index contributed by atoms with van der Waals surface area (Å²) < 4.78 is 10.6. The van der Waals surface area contributed by atoms with Crippen LogP contribution >= 0.6 is 11.3 Å². The van der Waals surface area contributed by atoms with Crippen LogP contribution in [0.4, 0.5) is 17.2 Å². The maximum atomic E-state index is 13.0. The van der Waals surface area contributed by atoms with Crippen LogP contribution in [-0.2, 0) is 11.3 Å². The predicted molar refractivity (Wildman–Crippen MR) is 128 cm³/mol. The summed E-state index contributed by atoms with van der Waals surface area (Å²) >= 11 is 1.58. The highest BCUT2D eigenvalue weighted by Gasteiger charge is 2.21. The van der Waals surface area contributed by atoms with E-state index in [1.54, 1.807) is 47.7 Å². The van der Waals surface area contributed by atoms with Crippen molar-refractivity contribution in [2.75, 3.05) is 22.7 Å². The van der Waals surface area contributed by atoms with Crippen molar-refractivity contribution in [3.05, 3.63) is 69.9 Å². The van der Waals surface area contributed by atoms with Gasteiger partial charge in [-0.15, -0.1) is 11.3 Å². The Morgan fingerprint density at radius 2 is 2.06 bits per heavy atom. The number of amides is 2. The number of benzene rings is 2. The van der Waals surface area contributed by atoms with E-state index < -0.39 is 5.91 Å². The molecule has 0 radical (unpaired) electrons. The fraction of sp³-hybridized carbons (Fsp3) is 0.0833. The summed E-state index contributed by atoms with van der Waals surface area (Å²) in [5.74, 6) is 0.635. The molecule has 2 amide bonds. The van der Waals surface area contributed by atoms with Gasteiger partial charge in [-0.2, -0.15) is 5.26 Å². The first-order chi connectivity index (χ1) is 16.7. The minimum Gasteiger partial charge on any atom is -0.454 e. The number of ether oxygens (including phenoxy) is 2. The molecule has 2 aromatic carbocycles. The first-order valence-electron chi connectivity index (χ1n) is 10.2. The third-order valence-corrected chi connectivity index (χ3v) is 6.10. The van der Waals surface area contributed by atoms with Gasteiger partial charge in [-0.25, -0.2) is 4.98 Å². The number of hydrogen-bond donors (Lipinski definition) is 3. The molecule has 1 aliphatic heterocycles. The summed E-state index contributed by atoms with van der Waals surface area (Å²) in [6.07, 6.45) is 0.554. The lowest BCUT2D eigenvalue weighted by atomic mass is 10.1. The van der Waals surface area contributed by atoms with E-state index in [0.717, 1.165) is 4.88 Å². The number of anilines is 3. The van der Waals surface area contributed by atoms with Gasteiger partial charge in [0.05, 0.1) is 16.9 Å². The van der Waals surface area contributed by atoms with Crippen molar-refractivity contribution >= 4 is 51.7 Å². The summed E-state index contributed by atoms with van der Waals surface area (Å²) in [6, 6.07) is 16.2. The van der Waals surface area contributed by atoms with Crippen LogP contribution < -0.4 is 25.4 Å². The molecule has 3 heterocycles. The second-order valence-corrected chi connectivity index (χ2v) is 8.27. The summed E-state index contributed by atoms with van der Waals surface area (Å²) in [5, 5.41) is 21.3. The molecule has 3 N–H and O–H groups in total. The number of nitrogens with zero attached hydrogens (tertiary/aromatic N) is 2. The fourth-order valence-electron chi connectivity index (χ4n) is 3.66. The number of nitrogens with one attached hydrogen (secondary N) is 3. The molecule has 34 heavy (non-hydrogen) atoms. The fourth-order valence-corrected chi connectivity index (χ4v) is 4.30. The van der Waals surface area contributed by atoms with E-state index in [1.807, 2.05) is 17.5 Å². The molecular weight excluding hydrogens is 454 g/mol. The first-order valence-corrected chi connectivity index (χ1v) is 11.1. The number of carbonyl (C=O) groups is 2. The standard InChI is InChI=1S/C24H17N5O4S/c25-10-17-21(26-11-15-3-2-8-34-15)16-4-1-5-18(27-12-30)22(16)28-23(17)29-24(31)14-6-7-19-20(9-14)33-13-32-19/h1-9,12H,11,13H2,(H,27,30)(H2,26,28,29,31). The van der Waals surface area contributed by atoms with Gasteiger partial charge in [-0.1, -0.05) is 18.2 Å². The van der Waals surface area contributed by atoms with Gasteiger partial charge in [0.25, 0.3) is 5.91 Å². The van der Waals surface area contributed by atoms with Gasteiger partial charge >= 0.3 is 0 Å². The van der Waals surface area contributed by atoms with E-state index in [4.69, 9.17) is 9.47 Å². The summed E-state index contributed by atoms with van der Waals surface area (Å²) in [4.78, 5) is 29.8. The van der Waals surface area contributed by atoms with Gasteiger partial charge in [-0.05, 0) is 35.7 Å². The van der Waals surface area contributed by atoms with Crippen LogP contribution in [-0.4, -0.2) is 24.1 Å². The summed E-state index contributed by atoms with van der Waals surface area (Å²) in [5.41, 5.74) is 1.90. The van der Waals surface area contributed by atoms with Gasteiger partial charge in [0.2, 0.25) is 13.2 Å². The second-order valence-electron chi connectivity index (χ2n) is 7.24. The Hall–Kier alpha value is -4.62. The highest BCUT2D eigenvalue weighted by Crippen LogP contribution is 2.36. The number of pyridine rings is 1. The monoisotopic (exact) mass is 471 g/mol. The zero-order chi connectivity index (χ0) is 23.5. The second kappa shape index (κ2) is 9.09. The highest BCUT2D eigenvalue weighted by molar-refractivity contribution is 7.09. The number of rotatable bonds is 7. The molecule has 0 saturated heterocycles. The number of carbonyl (C=O) groups excluding carboxylic acids is 2. The Morgan fingerprint density at radius 3 is 2.85 bits per heavy atom. The van der Waals surface area contributed by atoms with Gasteiger partial charge in [0.15, 0.2) is 17.3 Å². The maximum absolute atomic E-state index is 13.0. The van der Waals surface area contributed by atoms with Gasteiger partial charge in [0.1, 0.15) is 11.6 Å². The topological polar surface area (TPSA) is 125 Å². The molecule has 0 aliphatic carbocycles. The van der Waals surface area contributed by atoms with Crippen LogP contribution in [0.25, 0.3) is 10.9 Å². The van der Waals surface area contributed by atoms with Gasteiger partial charge < -0.3 is 25.4 Å². The highest BCUT2D eigenvalue weighted by atomic mass is 32.1. The van der Waals surface area contributed by atoms with Crippen molar-refractivity contribution in [2.45, 2.75) is 6.54 Å². The smallest absolute Gasteiger partial charge is 0.256 e. The molecule has 0 saturated carbocycles. The lowest BCUT2D eigenvalue weighted by Gasteiger charge is -2.16. The molecule has 0 spiro atoms. The SMILES string of the molecule is N#Cc1c(NC(=O)c2ccc3c(c2)OCO3)nc2c(NC=O)cccc2c1NCc1cccs1. The average molecular weight is 471 g/mol. The lowest BCUT2D eigenvalue weighted by Crippen LogP contribution is -2.15. The van der Waals surface area contributed by atoms with E-state index in [9.17, 15) is 14.9 Å². The molecule has 168 valence electrons. The Morgan fingerprint density at radius 1 is 1.18 bits per heavy atom. The summed E-state index contributed by atoms with van der Waals surface area (Å²) in [6.45, 7) is 0.573. The number of thiophene rings is 1. The molecule has 4 aromatic rings. The average Bonchev–Trinajstić information content (AvgIpc) is 3.54. The third-order valence-electron chi connectivity index (χ3n) is 5.23. The molecule has 1 aliphatic rings. The molecule has 9 nitrogen and oxygen atoms in total. The van der Waals surface area contributed by atoms with Crippen molar-refractivity contribution in [2.24, 2.45) is 0 Å². The number of nitriles is 1. The number of hydrogen-bond acceptors (Lipinski definition) is 8. The van der Waals surface area contributed by atoms with E-state index in [-0.39, 0.29) is 18.2 Å². The molecule has 2 aromatic heterocycles. The molecule has 0 atom stereocenters. The third kappa shape index (κ3) is 3.96. The largest absolute Gasteiger partial charge is 0.454 e. The molecule has 0 bridgehead atoms. The van der Waals surface area contributed by atoms with Crippen molar-refractivity contribution in [1.82, 2.24) is 4.98 Å². The zero-order valence-corrected chi connectivity index (χ0v) is 18.4. The minimum atomic E-state index is -0.466. The van der Waals surface area contributed by atoms with Crippen molar-refractivity contribution in [3.8, 4) is 17.6 Å².